The average molecular weight is 301 g/mol. The second-order valence-electron chi connectivity index (χ2n) is 4.66. The van der Waals surface area contributed by atoms with Crippen LogP contribution in [0.25, 0.3) is 0 Å². The summed E-state index contributed by atoms with van der Waals surface area (Å²) in [6, 6.07) is 19.8. The minimum atomic E-state index is -0.602. The van der Waals surface area contributed by atoms with Crippen molar-refractivity contribution in [1.82, 2.24) is 0 Å². The number of hydrogen-bond donors (Lipinski definition) is 1. The summed E-state index contributed by atoms with van der Waals surface area (Å²) < 4.78 is 4.68. The van der Waals surface area contributed by atoms with Crippen LogP contribution in [0.15, 0.2) is 60.7 Å². The minimum absolute atomic E-state index is 0.156. The van der Waals surface area contributed by atoms with E-state index < -0.39 is 6.04 Å². The molecule has 0 heterocycles. The average Bonchev–Trinajstić information content (AvgIpc) is 2.56. The molecule has 0 amide bonds. The molecule has 110 valence electrons. The summed E-state index contributed by atoms with van der Waals surface area (Å²) in [4.78, 5) is 11.4. The molecular weight excluding hydrogens is 282 g/mol. The van der Waals surface area contributed by atoms with E-state index in [-0.39, 0.29) is 11.2 Å². The zero-order valence-electron chi connectivity index (χ0n) is 11.9. The van der Waals surface area contributed by atoms with Gasteiger partial charge in [0.05, 0.1) is 12.4 Å². The Morgan fingerprint density at radius 2 is 1.52 bits per heavy atom. The first-order valence-electron chi connectivity index (χ1n) is 6.77. The van der Waals surface area contributed by atoms with E-state index in [0.717, 1.165) is 0 Å². The maximum Gasteiger partial charge on any atom is 0.323 e. The molecule has 0 fully saturated rings. The molecule has 4 heteroatoms. The van der Waals surface area contributed by atoms with E-state index in [2.05, 4.69) is 29.0 Å². The molecule has 2 rings (SSSR count). The lowest BCUT2D eigenvalue weighted by atomic mass is 10.0. The van der Waals surface area contributed by atoms with Gasteiger partial charge < -0.3 is 10.5 Å². The first kappa shape index (κ1) is 15.6. The van der Waals surface area contributed by atoms with E-state index in [9.17, 15) is 4.79 Å². The van der Waals surface area contributed by atoms with Gasteiger partial charge in [0.25, 0.3) is 0 Å². The highest BCUT2D eigenvalue weighted by molar-refractivity contribution is 7.99. The zero-order valence-corrected chi connectivity index (χ0v) is 12.8. The molecule has 2 aromatic carbocycles. The fourth-order valence-corrected chi connectivity index (χ4v) is 3.29. The van der Waals surface area contributed by atoms with Crippen LogP contribution in [0.2, 0.25) is 0 Å². The van der Waals surface area contributed by atoms with Crippen LogP contribution in [0.5, 0.6) is 0 Å². The first-order chi connectivity index (χ1) is 10.2. The second kappa shape index (κ2) is 7.86. The summed E-state index contributed by atoms with van der Waals surface area (Å²) in [6.07, 6.45) is 0. The van der Waals surface area contributed by atoms with Crippen LogP contribution >= 0.6 is 11.8 Å². The number of nitrogens with two attached hydrogens (primary N) is 1. The molecule has 2 N–H and O–H groups in total. The van der Waals surface area contributed by atoms with Crippen LogP contribution in [0.4, 0.5) is 0 Å². The van der Waals surface area contributed by atoms with E-state index in [1.165, 1.54) is 18.2 Å². The number of methoxy groups -OCH3 is 1. The van der Waals surface area contributed by atoms with Crippen molar-refractivity contribution >= 4 is 17.7 Å². The number of rotatable bonds is 6. The van der Waals surface area contributed by atoms with Crippen molar-refractivity contribution in [3.8, 4) is 0 Å². The van der Waals surface area contributed by atoms with Crippen molar-refractivity contribution in [3.05, 3.63) is 71.8 Å². The van der Waals surface area contributed by atoms with Gasteiger partial charge in [0, 0.05) is 5.75 Å². The maximum absolute atomic E-state index is 11.4. The fourth-order valence-electron chi connectivity index (χ4n) is 2.06. The van der Waals surface area contributed by atoms with Crippen LogP contribution in [-0.2, 0) is 9.53 Å². The standard InChI is InChI=1S/C17H19NO2S/c1-20-17(19)15(18)12-21-16(13-8-4-2-5-9-13)14-10-6-3-7-11-14/h2-11,15-16H,12,18H2,1H3/t15-/m0/s1. The Labute approximate surface area is 129 Å². The van der Waals surface area contributed by atoms with Gasteiger partial charge in [-0.1, -0.05) is 60.7 Å². The number of carbonyl (C=O) groups is 1. The van der Waals surface area contributed by atoms with Crippen molar-refractivity contribution in [2.45, 2.75) is 11.3 Å². The van der Waals surface area contributed by atoms with E-state index in [4.69, 9.17) is 5.73 Å². The lowest BCUT2D eigenvalue weighted by Crippen LogP contribution is -2.34. The van der Waals surface area contributed by atoms with Gasteiger partial charge in [0.2, 0.25) is 0 Å². The van der Waals surface area contributed by atoms with E-state index in [1.807, 2.05) is 36.4 Å². The lowest BCUT2D eigenvalue weighted by molar-refractivity contribution is -0.141. The maximum atomic E-state index is 11.4. The number of esters is 1. The molecular formula is C17H19NO2S. The Morgan fingerprint density at radius 3 is 1.95 bits per heavy atom. The lowest BCUT2D eigenvalue weighted by Gasteiger charge is -2.19. The molecule has 0 saturated heterocycles. The summed E-state index contributed by atoms with van der Waals surface area (Å²) in [5.74, 6) is 0.142. The predicted octanol–water partition coefficient (Wildman–Crippen LogP) is 3.01. The molecule has 1 atom stereocenters. The SMILES string of the molecule is COC(=O)[C@@H](N)CSC(c1ccccc1)c1ccccc1. The summed E-state index contributed by atoms with van der Waals surface area (Å²) in [5, 5.41) is 0.156. The topological polar surface area (TPSA) is 52.3 Å². The van der Waals surface area contributed by atoms with Crippen LogP contribution in [0.1, 0.15) is 16.4 Å². The molecule has 21 heavy (non-hydrogen) atoms. The van der Waals surface area contributed by atoms with Gasteiger partial charge in [-0.3, -0.25) is 4.79 Å². The number of thioether (sulfide) groups is 1. The Balaban J connectivity index is 2.16. The highest BCUT2D eigenvalue weighted by atomic mass is 32.2. The van der Waals surface area contributed by atoms with Crippen molar-refractivity contribution in [1.29, 1.82) is 0 Å². The summed E-state index contributed by atoms with van der Waals surface area (Å²) in [6.45, 7) is 0. The van der Waals surface area contributed by atoms with Gasteiger partial charge in [-0.15, -0.1) is 11.8 Å². The van der Waals surface area contributed by atoms with Crippen molar-refractivity contribution < 1.29 is 9.53 Å². The monoisotopic (exact) mass is 301 g/mol. The van der Waals surface area contributed by atoms with Crippen LogP contribution in [0, 0.1) is 0 Å². The molecule has 0 unspecified atom stereocenters. The van der Waals surface area contributed by atoms with Gasteiger partial charge in [-0.2, -0.15) is 0 Å². The number of benzene rings is 2. The Bertz CT molecular complexity index is 520. The molecule has 0 aliphatic carbocycles. The van der Waals surface area contributed by atoms with E-state index >= 15 is 0 Å². The largest absolute Gasteiger partial charge is 0.468 e. The Kier molecular flexibility index (Phi) is 5.84. The van der Waals surface area contributed by atoms with Crippen molar-refractivity contribution in [2.24, 2.45) is 5.73 Å². The van der Waals surface area contributed by atoms with Gasteiger partial charge in [-0.25, -0.2) is 0 Å². The van der Waals surface area contributed by atoms with E-state index in [1.54, 1.807) is 11.8 Å². The van der Waals surface area contributed by atoms with Crippen molar-refractivity contribution in [3.63, 3.8) is 0 Å². The summed E-state index contributed by atoms with van der Waals surface area (Å²) in [7, 11) is 1.36. The van der Waals surface area contributed by atoms with Gasteiger partial charge in [0.15, 0.2) is 0 Å². The van der Waals surface area contributed by atoms with Crippen LogP contribution < -0.4 is 5.73 Å². The summed E-state index contributed by atoms with van der Waals surface area (Å²) >= 11 is 1.65. The zero-order chi connectivity index (χ0) is 15.1. The Morgan fingerprint density at radius 1 is 1.05 bits per heavy atom. The number of hydrogen-bond acceptors (Lipinski definition) is 4. The second-order valence-corrected chi connectivity index (χ2v) is 5.80. The minimum Gasteiger partial charge on any atom is -0.468 e. The third kappa shape index (κ3) is 4.34. The van der Waals surface area contributed by atoms with Crippen molar-refractivity contribution in [2.75, 3.05) is 12.9 Å². The molecule has 0 bridgehead atoms. The molecule has 0 saturated carbocycles. The summed E-state index contributed by atoms with van der Waals surface area (Å²) in [5.41, 5.74) is 8.24. The molecule has 0 spiro atoms. The molecule has 0 radical (unpaired) electrons. The molecule has 0 aliphatic rings. The Hall–Kier alpha value is -1.78. The fraction of sp³-hybridized carbons (Fsp3) is 0.235. The van der Waals surface area contributed by atoms with Crippen LogP contribution in [-0.4, -0.2) is 24.9 Å². The van der Waals surface area contributed by atoms with Crippen LogP contribution in [0.3, 0.4) is 0 Å². The molecule has 0 aromatic heterocycles. The molecule has 0 aliphatic heterocycles. The third-order valence-corrected chi connectivity index (χ3v) is 4.58. The predicted molar refractivity (Wildman–Crippen MR) is 87.2 cm³/mol. The molecule has 3 nitrogen and oxygen atoms in total. The van der Waals surface area contributed by atoms with Gasteiger partial charge in [-0.05, 0) is 11.1 Å². The molecule has 2 aromatic rings. The first-order valence-corrected chi connectivity index (χ1v) is 7.82. The quantitative estimate of drug-likeness (QED) is 0.833. The normalized spacial score (nSPS) is 12.1. The highest BCUT2D eigenvalue weighted by Crippen LogP contribution is 2.35. The smallest absolute Gasteiger partial charge is 0.323 e. The van der Waals surface area contributed by atoms with Gasteiger partial charge >= 0.3 is 5.97 Å². The number of carbonyl (C=O) groups excluding carboxylic acids is 1. The third-order valence-electron chi connectivity index (χ3n) is 3.15. The van der Waals surface area contributed by atoms with E-state index in [0.29, 0.717) is 5.75 Å². The van der Waals surface area contributed by atoms with Gasteiger partial charge in [0.1, 0.15) is 6.04 Å². The number of ether oxygens (including phenoxy) is 1. The highest BCUT2D eigenvalue weighted by Gasteiger charge is 2.19.